The van der Waals surface area contributed by atoms with Gasteiger partial charge >= 0.3 is 0 Å². The lowest BCUT2D eigenvalue weighted by atomic mass is 9.92. The van der Waals surface area contributed by atoms with Gasteiger partial charge in [0.05, 0.1) is 5.75 Å². The zero-order chi connectivity index (χ0) is 17.2. The number of fused-ring (bicyclic) bond motifs is 2. The van der Waals surface area contributed by atoms with Crippen LogP contribution >= 0.6 is 11.8 Å². The molecule has 2 aromatic rings. The van der Waals surface area contributed by atoms with Crippen molar-refractivity contribution in [3.8, 4) is 11.5 Å². The molecule has 1 saturated heterocycles. The zero-order valence-corrected chi connectivity index (χ0v) is 15.0. The highest BCUT2D eigenvalue weighted by molar-refractivity contribution is 7.99. The van der Waals surface area contributed by atoms with Crippen LogP contribution in [0.3, 0.4) is 0 Å². The maximum atomic E-state index is 12.0. The van der Waals surface area contributed by atoms with Crippen LogP contribution in [0, 0.1) is 11.8 Å². The van der Waals surface area contributed by atoms with Gasteiger partial charge in [-0.1, -0.05) is 18.2 Å². The molecule has 1 aromatic heterocycles. The number of rotatable bonds is 5. The summed E-state index contributed by atoms with van der Waals surface area (Å²) < 4.78 is 5.44. The largest absolute Gasteiger partial charge is 0.352 e. The van der Waals surface area contributed by atoms with E-state index in [4.69, 9.17) is 4.52 Å². The number of thioether (sulfide) groups is 1. The fourth-order valence-electron chi connectivity index (χ4n) is 4.02. The molecule has 1 saturated carbocycles. The minimum atomic E-state index is 0.147. The highest BCUT2D eigenvalue weighted by Crippen LogP contribution is 2.38. The average molecular weight is 358 g/mol. The highest BCUT2D eigenvalue weighted by Gasteiger charge is 2.43. The molecule has 0 spiro atoms. The molecule has 1 aromatic carbocycles. The Morgan fingerprint density at radius 1 is 1.28 bits per heavy atom. The number of benzene rings is 1. The van der Waals surface area contributed by atoms with Gasteiger partial charge in [-0.2, -0.15) is 16.7 Å². The van der Waals surface area contributed by atoms with Gasteiger partial charge in [-0.15, -0.1) is 0 Å². The number of hydrogen-bond donors (Lipinski definition) is 1. The van der Waals surface area contributed by atoms with E-state index in [-0.39, 0.29) is 11.9 Å². The molecule has 1 unspecified atom stereocenters. The molecule has 2 heterocycles. The third-order valence-corrected chi connectivity index (χ3v) is 5.71. The van der Waals surface area contributed by atoms with Gasteiger partial charge in [-0.3, -0.25) is 4.79 Å². The monoisotopic (exact) mass is 358 g/mol. The van der Waals surface area contributed by atoms with Crippen molar-refractivity contribution in [2.75, 3.05) is 30.0 Å². The van der Waals surface area contributed by atoms with Gasteiger partial charge in [0.25, 0.3) is 11.8 Å². The van der Waals surface area contributed by atoms with E-state index in [1.165, 1.54) is 0 Å². The maximum Gasteiger partial charge on any atom is 0.266 e. The summed E-state index contributed by atoms with van der Waals surface area (Å²) in [6, 6.07) is 10.1. The van der Waals surface area contributed by atoms with Gasteiger partial charge in [0.1, 0.15) is 0 Å². The number of nitrogens with one attached hydrogen (secondary N) is 1. The molecule has 4 rings (SSSR count). The number of nitrogens with zero attached hydrogens (tertiary/aromatic N) is 3. The van der Waals surface area contributed by atoms with Gasteiger partial charge in [0, 0.05) is 24.7 Å². The smallest absolute Gasteiger partial charge is 0.266 e. The molecule has 2 bridgehead atoms. The second-order valence-corrected chi connectivity index (χ2v) is 7.66. The Balaban J connectivity index is 1.45. The standard InChI is InChI=1S/C18H22N4O2S/c1-25-11-15(23)19-16-13-7-8-14(16)10-22(9-13)18-20-17(24-21-18)12-5-3-2-4-6-12/h2-6,13-14,16H,7-11H2,1H3,(H,19,23)/t13-,14+,16?. The van der Waals surface area contributed by atoms with E-state index in [1.807, 2.05) is 36.6 Å². The normalized spacial score (nSPS) is 25.2. The van der Waals surface area contributed by atoms with Gasteiger partial charge in [0.15, 0.2) is 0 Å². The lowest BCUT2D eigenvalue weighted by Crippen LogP contribution is -2.53. The molecule has 3 atom stereocenters. The zero-order valence-electron chi connectivity index (χ0n) is 14.2. The fraction of sp³-hybridized carbons (Fsp3) is 0.500. The second-order valence-electron chi connectivity index (χ2n) is 6.79. The first-order valence-electron chi connectivity index (χ1n) is 8.67. The number of piperidine rings is 1. The summed E-state index contributed by atoms with van der Waals surface area (Å²) in [6.07, 6.45) is 4.25. The Labute approximate surface area is 151 Å². The fourth-order valence-corrected chi connectivity index (χ4v) is 4.37. The van der Waals surface area contributed by atoms with Crippen molar-refractivity contribution in [1.29, 1.82) is 0 Å². The van der Waals surface area contributed by atoms with E-state index >= 15 is 0 Å². The van der Waals surface area contributed by atoms with Crippen LogP contribution in [0.15, 0.2) is 34.9 Å². The molecule has 1 N–H and O–H groups in total. The summed E-state index contributed by atoms with van der Waals surface area (Å²) in [5, 5.41) is 7.41. The van der Waals surface area contributed by atoms with Crippen LogP contribution in [0.25, 0.3) is 11.5 Å². The summed E-state index contributed by atoms with van der Waals surface area (Å²) >= 11 is 1.56. The Bertz CT molecular complexity index is 722. The molecule has 25 heavy (non-hydrogen) atoms. The molecule has 6 nitrogen and oxygen atoms in total. The third-order valence-electron chi connectivity index (χ3n) is 5.16. The number of carbonyl (C=O) groups is 1. The predicted molar refractivity (Wildman–Crippen MR) is 98.5 cm³/mol. The van der Waals surface area contributed by atoms with E-state index in [2.05, 4.69) is 20.4 Å². The molecule has 7 heteroatoms. The summed E-state index contributed by atoms with van der Waals surface area (Å²) in [4.78, 5) is 18.7. The van der Waals surface area contributed by atoms with E-state index in [0.717, 1.165) is 31.5 Å². The number of carbonyl (C=O) groups excluding carboxylic acids is 1. The Morgan fingerprint density at radius 3 is 2.68 bits per heavy atom. The van der Waals surface area contributed by atoms with Gasteiger partial charge in [-0.05, 0) is 48.2 Å². The quantitative estimate of drug-likeness (QED) is 0.885. The Morgan fingerprint density at radius 2 is 2.00 bits per heavy atom. The minimum absolute atomic E-state index is 0.147. The van der Waals surface area contributed by atoms with Crippen molar-refractivity contribution in [2.45, 2.75) is 18.9 Å². The molecule has 1 amide bonds. The van der Waals surface area contributed by atoms with Crippen molar-refractivity contribution in [2.24, 2.45) is 11.8 Å². The summed E-state index contributed by atoms with van der Waals surface area (Å²) in [5.74, 6) is 2.81. The van der Waals surface area contributed by atoms with Crippen LogP contribution in [0.5, 0.6) is 0 Å². The lowest BCUT2D eigenvalue weighted by molar-refractivity contribution is -0.119. The van der Waals surface area contributed by atoms with Crippen LogP contribution in [-0.4, -0.2) is 47.2 Å². The van der Waals surface area contributed by atoms with Gasteiger partial charge in [0.2, 0.25) is 5.91 Å². The number of aromatic nitrogens is 2. The van der Waals surface area contributed by atoms with E-state index in [9.17, 15) is 4.79 Å². The van der Waals surface area contributed by atoms with Crippen molar-refractivity contribution in [3.05, 3.63) is 30.3 Å². The number of anilines is 1. The topological polar surface area (TPSA) is 71.3 Å². The minimum Gasteiger partial charge on any atom is -0.352 e. The molecule has 0 radical (unpaired) electrons. The third kappa shape index (κ3) is 3.38. The number of hydrogen-bond acceptors (Lipinski definition) is 6. The van der Waals surface area contributed by atoms with E-state index in [1.54, 1.807) is 11.8 Å². The molecule has 2 aliphatic rings. The maximum absolute atomic E-state index is 12.0. The van der Waals surface area contributed by atoms with E-state index < -0.39 is 0 Å². The molecular weight excluding hydrogens is 336 g/mol. The van der Waals surface area contributed by atoms with Crippen LogP contribution in [-0.2, 0) is 4.79 Å². The first kappa shape index (κ1) is 16.4. The number of amides is 1. The van der Waals surface area contributed by atoms with Gasteiger partial charge in [-0.25, -0.2) is 0 Å². The van der Waals surface area contributed by atoms with Crippen LogP contribution in [0.1, 0.15) is 12.8 Å². The van der Waals surface area contributed by atoms with Crippen LogP contribution in [0.2, 0.25) is 0 Å². The highest BCUT2D eigenvalue weighted by atomic mass is 32.2. The molecule has 2 fully saturated rings. The average Bonchev–Trinajstić information content (AvgIpc) is 3.19. The lowest BCUT2D eigenvalue weighted by Gasteiger charge is -2.37. The van der Waals surface area contributed by atoms with Crippen molar-refractivity contribution >= 4 is 23.6 Å². The molecule has 1 aliphatic carbocycles. The predicted octanol–water partition coefficient (Wildman–Crippen LogP) is 2.43. The van der Waals surface area contributed by atoms with Crippen molar-refractivity contribution in [3.63, 3.8) is 0 Å². The summed E-state index contributed by atoms with van der Waals surface area (Å²) in [5.41, 5.74) is 0.934. The molecule has 1 aliphatic heterocycles. The van der Waals surface area contributed by atoms with E-state index in [0.29, 0.717) is 29.4 Å². The first-order valence-corrected chi connectivity index (χ1v) is 10.1. The SMILES string of the molecule is CSCC(=O)NC1[C@@H]2CC[C@H]1CN(c1noc(-c3ccccc3)n1)C2. The molecule has 132 valence electrons. The van der Waals surface area contributed by atoms with Crippen molar-refractivity contribution < 1.29 is 9.32 Å². The van der Waals surface area contributed by atoms with Crippen LogP contribution in [0.4, 0.5) is 5.95 Å². The molecular formula is C18H22N4O2S. The van der Waals surface area contributed by atoms with Crippen molar-refractivity contribution in [1.82, 2.24) is 15.5 Å². The second kappa shape index (κ2) is 7.07. The van der Waals surface area contributed by atoms with Gasteiger partial charge < -0.3 is 14.7 Å². The van der Waals surface area contributed by atoms with Crippen LogP contribution < -0.4 is 10.2 Å². The summed E-state index contributed by atoms with van der Waals surface area (Å²) in [7, 11) is 0. The first-order chi connectivity index (χ1) is 12.2. The summed E-state index contributed by atoms with van der Waals surface area (Å²) in [6.45, 7) is 1.74. The Kier molecular flexibility index (Phi) is 4.65. The Hall–Kier alpha value is -2.02.